The topological polar surface area (TPSA) is 21.3 Å². The van der Waals surface area contributed by atoms with Crippen molar-refractivity contribution in [3.8, 4) is 0 Å². The molecule has 0 bridgehead atoms. The summed E-state index contributed by atoms with van der Waals surface area (Å²) < 4.78 is 6.10. The molecule has 24 heavy (non-hydrogen) atoms. The molecule has 1 aliphatic heterocycles. The molecule has 3 heteroatoms. The highest BCUT2D eigenvalue weighted by atomic mass is 35.5. The van der Waals surface area contributed by atoms with E-state index < -0.39 is 0 Å². The maximum absolute atomic E-state index is 6.10. The fourth-order valence-corrected chi connectivity index (χ4v) is 4.14. The van der Waals surface area contributed by atoms with Crippen LogP contribution in [0.3, 0.4) is 0 Å². The first kappa shape index (κ1) is 19.8. The number of benzene rings is 1. The maximum atomic E-state index is 6.10. The summed E-state index contributed by atoms with van der Waals surface area (Å²) in [7, 11) is 0. The van der Waals surface area contributed by atoms with Crippen LogP contribution < -0.4 is 5.32 Å². The van der Waals surface area contributed by atoms with Crippen LogP contribution in [0.25, 0.3) is 0 Å². The Bertz CT molecular complexity index is 515. The molecule has 1 aromatic rings. The number of hydrogen-bond donors (Lipinski definition) is 1. The molecule has 0 amide bonds. The Hall–Kier alpha value is -0.570. The molecule has 1 heterocycles. The van der Waals surface area contributed by atoms with Gasteiger partial charge in [-0.15, -0.1) is 0 Å². The molecule has 1 aliphatic rings. The van der Waals surface area contributed by atoms with E-state index in [9.17, 15) is 0 Å². The van der Waals surface area contributed by atoms with Crippen LogP contribution in [-0.2, 0) is 4.74 Å². The molecule has 1 fully saturated rings. The lowest BCUT2D eigenvalue weighted by molar-refractivity contribution is -0.132. The average molecular weight is 352 g/mol. The summed E-state index contributed by atoms with van der Waals surface area (Å²) in [5.74, 6) is 0.680. The zero-order valence-corrected chi connectivity index (χ0v) is 16.7. The third-order valence-electron chi connectivity index (χ3n) is 6.19. The lowest BCUT2D eigenvalue weighted by Crippen LogP contribution is -2.46. The molecule has 0 unspecified atom stereocenters. The zero-order chi connectivity index (χ0) is 17.8. The third kappa shape index (κ3) is 4.74. The Labute approximate surface area is 153 Å². The molecule has 2 rings (SSSR count). The second-order valence-corrected chi connectivity index (χ2v) is 8.51. The van der Waals surface area contributed by atoms with Gasteiger partial charge in [0.1, 0.15) is 0 Å². The van der Waals surface area contributed by atoms with Crippen molar-refractivity contribution in [2.24, 2.45) is 11.3 Å². The van der Waals surface area contributed by atoms with Crippen LogP contribution in [0, 0.1) is 11.3 Å². The van der Waals surface area contributed by atoms with E-state index in [1.807, 2.05) is 12.1 Å². The molecule has 0 radical (unpaired) electrons. The van der Waals surface area contributed by atoms with Crippen LogP contribution in [0.1, 0.15) is 71.9 Å². The minimum atomic E-state index is 0.0459. The number of rotatable bonds is 7. The quantitative estimate of drug-likeness (QED) is 0.650. The summed E-state index contributed by atoms with van der Waals surface area (Å²) in [5, 5.41) is 4.50. The first-order chi connectivity index (χ1) is 11.3. The largest absolute Gasteiger partial charge is 0.375 e. The molecule has 3 atom stereocenters. The highest BCUT2D eigenvalue weighted by Crippen LogP contribution is 2.47. The number of nitrogens with one attached hydrogen (secondary N) is 1. The van der Waals surface area contributed by atoms with Gasteiger partial charge in [0, 0.05) is 17.7 Å². The standard InChI is InChI=1S/C21H34ClNO/c1-6-20(5)15-21(16(2)3,12-14-24-20)11-13-23-17(4)18-7-9-19(22)10-8-18/h7-10,16-17,23H,6,11-15H2,1-5H3/t17-,20+,21+/m0/s1. The van der Waals surface area contributed by atoms with Gasteiger partial charge in [-0.2, -0.15) is 0 Å². The van der Waals surface area contributed by atoms with Crippen LogP contribution in [0.4, 0.5) is 0 Å². The van der Waals surface area contributed by atoms with Crippen LogP contribution in [0.5, 0.6) is 0 Å². The van der Waals surface area contributed by atoms with Gasteiger partial charge < -0.3 is 10.1 Å². The van der Waals surface area contributed by atoms with Gasteiger partial charge in [0.25, 0.3) is 0 Å². The van der Waals surface area contributed by atoms with Gasteiger partial charge >= 0.3 is 0 Å². The van der Waals surface area contributed by atoms with Gasteiger partial charge in [0.15, 0.2) is 0 Å². The van der Waals surface area contributed by atoms with Gasteiger partial charge in [0.05, 0.1) is 5.60 Å². The Morgan fingerprint density at radius 1 is 1.21 bits per heavy atom. The molecule has 1 aromatic carbocycles. The maximum Gasteiger partial charge on any atom is 0.0657 e. The van der Waals surface area contributed by atoms with Crippen molar-refractivity contribution in [3.63, 3.8) is 0 Å². The van der Waals surface area contributed by atoms with Crippen LogP contribution in [-0.4, -0.2) is 18.8 Å². The van der Waals surface area contributed by atoms with E-state index in [4.69, 9.17) is 16.3 Å². The molecular formula is C21H34ClNO. The fraction of sp³-hybridized carbons (Fsp3) is 0.714. The minimum Gasteiger partial charge on any atom is -0.375 e. The molecule has 136 valence electrons. The van der Waals surface area contributed by atoms with E-state index in [1.165, 1.54) is 24.8 Å². The van der Waals surface area contributed by atoms with Crippen LogP contribution in [0.2, 0.25) is 5.02 Å². The minimum absolute atomic E-state index is 0.0459. The lowest BCUT2D eigenvalue weighted by atomic mass is 9.64. The molecule has 1 saturated heterocycles. The lowest BCUT2D eigenvalue weighted by Gasteiger charge is -2.49. The Balaban J connectivity index is 1.95. The Morgan fingerprint density at radius 3 is 2.46 bits per heavy atom. The van der Waals surface area contributed by atoms with Crippen molar-refractivity contribution in [1.29, 1.82) is 0 Å². The highest BCUT2D eigenvalue weighted by molar-refractivity contribution is 6.30. The van der Waals surface area contributed by atoms with E-state index in [2.05, 4.69) is 52.1 Å². The first-order valence-electron chi connectivity index (χ1n) is 9.43. The molecule has 2 nitrogen and oxygen atoms in total. The highest BCUT2D eigenvalue weighted by Gasteiger charge is 2.43. The summed E-state index contributed by atoms with van der Waals surface area (Å²) in [6.45, 7) is 13.5. The predicted octanol–water partition coefficient (Wildman–Crippen LogP) is 6.00. The van der Waals surface area contributed by atoms with Crippen molar-refractivity contribution in [2.45, 2.75) is 71.9 Å². The molecule has 0 aromatic heterocycles. The van der Waals surface area contributed by atoms with Crippen LogP contribution >= 0.6 is 11.6 Å². The Kier molecular flexibility index (Phi) is 6.75. The average Bonchev–Trinajstić information content (AvgIpc) is 2.55. The van der Waals surface area contributed by atoms with Gasteiger partial charge in [-0.1, -0.05) is 44.5 Å². The molecular weight excluding hydrogens is 318 g/mol. The second kappa shape index (κ2) is 8.21. The first-order valence-corrected chi connectivity index (χ1v) is 9.81. The van der Waals surface area contributed by atoms with Crippen molar-refractivity contribution >= 4 is 11.6 Å². The van der Waals surface area contributed by atoms with Crippen molar-refractivity contribution < 1.29 is 4.74 Å². The molecule has 1 N–H and O–H groups in total. The van der Waals surface area contributed by atoms with Gasteiger partial charge in [0.2, 0.25) is 0 Å². The SMILES string of the molecule is CC[C@]1(C)C[C@](CCN[C@@H](C)c2ccc(Cl)cc2)(C(C)C)CCO1. The van der Waals surface area contributed by atoms with Gasteiger partial charge in [-0.05, 0) is 75.1 Å². The summed E-state index contributed by atoms with van der Waals surface area (Å²) in [5.41, 5.74) is 1.73. The predicted molar refractivity (Wildman–Crippen MR) is 104 cm³/mol. The zero-order valence-electron chi connectivity index (χ0n) is 16.0. The van der Waals surface area contributed by atoms with Crippen molar-refractivity contribution in [1.82, 2.24) is 5.32 Å². The summed E-state index contributed by atoms with van der Waals surface area (Å²) in [6, 6.07) is 8.51. The van der Waals surface area contributed by atoms with Gasteiger partial charge in [-0.25, -0.2) is 0 Å². The van der Waals surface area contributed by atoms with Gasteiger partial charge in [-0.3, -0.25) is 0 Å². The number of hydrogen-bond acceptors (Lipinski definition) is 2. The van der Waals surface area contributed by atoms with E-state index in [0.717, 1.165) is 24.6 Å². The van der Waals surface area contributed by atoms with Crippen molar-refractivity contribution in [2.75, 3.05) is 13.2 Å². The van der Waals surface area contributed by atoms with Crippen LogP contribution in [0.15, 0.2) is 24.3 Å². The van der Waals surface area contributed by atoms with E-state index in [-0.39, 0.29) is 5.60 Å². The molecule has 0 spiro atoms. The van der Waals surface area contributed by atoms with E-state index >= 15 is 0 Å². The number of halogens is 1. The summed E-state index contributed by atoms with van der Waals surface area (Å²) in [4.78, 5) is 0. The van der Waals surface area contributed by atoms with E-state index in [1.54, 1.807) is 0 Å². The fourth-order valence-electron chi connectivity index (χ4n) is 4.01. The monoisotopic (exact) mass is 351 g/mol. The Morgan fingerprint density at radius 2 is 1.88 bits per heavy atom. The third-order valence-corrected chi connectivity index (χ3v) is 6.44. The number of ether oxygens (including phenoxy) is 1. The van der Waals surface area contributed by atoms with E-state index in [0.29, 0.717) is 17.4 Å². The normalized spacial score (nSPS) is 29.0. The summed E-state index contributed by atoms with van der Waals surface area (Å²) >= 11 is 5.98. The summed E-state index contributed by atoms with van der Waals surface area (Å²) in [6.07, 6.45) is 4.65. The second-order valence-electron chi connectivity index (χ2n) is 8.07. The smallest absolute Gasteiger partial charge is 0.0657 e. The van der Waals surface area contributed by atoms with Crippen molar-refractivity contribution in [3.05, 3.63) is 34.9 Å². The molecule has 0 saturated carbocycles. The molecule has 0 aliphatic carbocycles.